The molecule has 3 rings (SSSR count). The van der Waals surface area contributed by atoms with Crippen LogP contribution < -0.4 is 4.90 Å². The molecule has 25 heavy (non-hydrogen) atoms. The molecule has 0 aromatic heterocycles. The Kier molecular flexibility index (Phi) is 4.29. The van der Waals surface area contributed by atoms with Gasteiger partial charge >= 0.3 is 6.18 Å². The fourth-order valence-corrected chi connectivity index (χ4v) is 3.41. The zero-order chi connectivity index (χ0) is 18.2. The first kappa shape index (κ1) is 17.1. The molecule has 0 fully saturated rings. The van der Waals surface area contributed by atoms with Crippen molar-refractivity contribution in [1.82, 2.24) is 0 Å². The van der Waals surface area contributed by atoms with Crippen molar-refractivity contribution in [3.8, 4) is 0 Å². The minimum Gasteiger partial charge on any atom is -0.304 e. The first-order valence-corrected chi connectivity index (χ1v) is 7.67. The van der Waals surface area contributed by atoms with Crippen molar-refractivity contribution in [2.45, 2.75) is 16.0 Å². The smallest absolute Gasteiger partial charge is 0.304 e. The molecule has 2 aromatic rings. The van der Waals surface area contributed by atoms with E-state index in [9.17, 15) is 28.1 Å². The topological polar surface area (TPSA) is 72.7 Å². The molecule has 0 spiro atoms. The molecule has 1 amide bonds. The summed E-state index contributed by atoms with van der Waals surface area (Å²) in [6.07, 6.45) is -4.58. The number of fused-ring (bicyclic) bond motifs is 2. The fourth-order valence-electron chi connectivity index (χ4n) is 2.37. The van der Waals surface area contributed by atoms with Crippen molar-refractivity contribution in [3.63, 3.8) is 0 Å². The Balaban J connectivity index is 2.09. The number of anilines is 2. The predicted octanol–water partition coefficient (Wildman–Crippen LogP) is 4.04. The summed E-state index contributed by atoms with van der Waals surface area (Å²) >= 11 is 1.21. The highest BCUT2D eigenvalue weighted by atomic mass is 32.2. The maximum absolute atomic E-state index is 13.0. The summed E-state index contributed by atoms with van der Waals surface area (Å²) in [7, 11) is 0. The molecule has 0 unspecified atom stereocenters. The van der Waals surface area contributed by atoms with E-state index in [-0.39, 0.29) is 5.69 Å². The van der Waals surface area contributed by atoms with E-state index in [0.29, 0.717) is 15.5 Å². The Morgan fingerprint density at radius 1 is 1.16 bits per heavy atom. The summed E-state index contributed by atoms with van der Waals surface area (Å²) in [6.45, 7) is -0.901. The molecule has 6 nitrogen and oxygen atoms in total. The van der Waals surface area contributed by atoms with E-state index in [1.165, 1.54) is 17.8 Å². The second kappa shape index (κ2) is 6.28. The van der Waals surface area contributed by atoms with Crippen LogP contribution in [0.25, 0.3) is 0 Å². The minimum atomic E-state index is -4.58. The van der Waals surface area contributed by atoms with Crippen LogP contribution in [0.2, 0.25) is 0 Å². The van der Waals surface area contributed by atoms with Crippen molar-refractivity contribution in [1.29, 1.82) is 0 Å². The van der Waals surface area contributed by atoms with Crippen molar-refractivity contribution in [3.05, 3.63) is 58.1 Å². The van der Waals surface area contributed by atoms with Crippen LogP contribution >= 0.6 is 11.8 Å². The first-order chi connectivity index (χ1) is 11.8. The number of para-hydroxylation sites is 1. The molecule has 0 N–H and O–H groups in total. The van der Waals surface area contributed by atoms with Gasteiger partial charge in [0.05, 0.1) is 16.9 Å². The van der Waals surface area contributed by atoms with E-state index in [1.54, 1.807) is 24.3 Å². The van der Waals surface area contributed by atoms with Crippen LogP contribution in [0.5, 0.6) is 0 Å². The maximum atomic E-state index is 13.0. The molecule has 0 atom stereocenters. The Morgan fingerprint density at radius 2 is 1.84 bits per heavy atom. The van der Waals surface area contributed by atoms with Crippen LogP contribution in [0.1, 0.15) is 5.56 Å². The van der Waals surface area contributed by atoms with Gasteiger partial charge in [-0.25, -0.2) is 0 Å². The Morgan fingerprint density at radius 3 is 2.52 bits per heavy atom. The average Bonchev–Trinajstić information content (AvgIpc) is 2.56. The normalized spacial score (nSPS) is 13.0. The standard InChI is InChI=1S/C15H9F3N2O4S/c16-15(17,18)9-5-6-13-11(7-9)19(14(21)8-24-20(22)23)10-3-1-2-4-12(10)25-13/h1-7H,8H2. The lowest BCUT2D eigenvalue weighted by Gasteiger charge is -2.31. The molecular weight excluding hydrogens is 361 g/mol. The lowest BCUT2D eigenvalue weighted by molar-refractivity contribution is -0.754. The highest BCUT2D eigenvalue weighted by Gasteiger charge is 2.35. The number of carbonyl (C=O) groups excluding carboxylic acids is 1. The average molecular weight is 370 g/mol. The molecule has 0 saturated heterocycles. The molecule has 0 radical (unpaired) electrons. The molecule has 0 aliphatic carbocycles. The predicted molar refractivity (Wildman–Crippen MR) is 82.1 cm³/mol. The van der Waals surface area contributed by atoms with Crippen LogP contribution in [0.4, 0.5) is 24.5 Å². The van der Waals surface area contributed by atoms with Crippen LogP contribution in [-0.4, -0.2) is 17.6 Å². The van der Waals surface area contributed by atoms with Crippen molar-refractivity contribution in [2.24, 2.45) is 0 Å². The number of nitrogens with zero attached hydrogens (tertiary/aromatic N) is 2. The molecule has 130 valence electrons. The number of amides is 1. The zero-order valence-corrected chi connectivity index (χ0v) is 13.1. The Hall–Kier alpha value is -2.75. The van der Waals surface area contributed by atoms with Gasteiger partial charge in [0.25, 0.3) is 11.0 Å². The number of halogens is 3. The summed E-state index contributed by atoms with van der Waals surface area (Å²) in [5.74, 6) is -0.843. The van der Waals surface area contributed by atoms with E-state index in [1.807, 2.05) is 0 Å². The third-order valence-corrected chi connectivity index (χ3v) is 4.53. The van der Waals surface area contributed by atoms with Gasteiger partial charge in [-0.15, -0.1) is 10.1 Å². The zero-order valence-electron chi connectivity index (χ0n) is 12.3. The van der Waals surface area contributed by atoms with Gasteiger partial charge in [-0.3, -0.25) is 9.69 Å². The van der Waals surface area contributed by atoms with Crippen molar-refractivity contribution >= 4 is 29.0 Å². The van der Waals surface area contributed by atoms with Gasteiger partial charge in [0.2, 0.25) is 0 Å². The van der Waals surface area contributed by atoms with Crippen LogP contribution in [0.3, 0.4) is 0 Å². The van der Waals surface area contributed by atoms with Gasteiger partial charge in [-0.2, -0.15) is 13.2 Å². The van der Waals surface area contributed by atoms with Gasteiger partial charge in [-0.1, -0.05) is 23.9 Å². The number of rotatable bonds is 3. The summed E-state index contributed by atoms with van der Waals surface area (Å²) in [4.78, 5) is 28.9. The third-order valence-electron chi connectivity index (χ3n) is 3.40. The summed E-state index contributed by atoms with van der Waals surface area (Å²) in [5.41, 5.74) is -0.564. The SMILES string of the molecule is O=C(CO[N+](=O)[O-])N1c2ccccc2Sc2ccc(C(F)(F)F)cc21. The van der Waals surface area contributed by atoms with E-state index in [2.05, 4.69) is 4.84 Å². The molecule has 1 aliphatic rings. The minimum absolute atomic E-state index is 0.00970. The maximum Gasteiger partial charge on any atom is 0.416 e. The summed E-state index contributed by atoms with van der Waals surface area (Å²) in [6, 6.07) is 9.64. The number of hydrogen-bond donors (Lipinski definition) is 0. The lowest BCUT2D eigenvalue weighted by Crippen LogP contribution is -2.32. The highest BCUT2D eigenvalue weighted by Crippen LogP contribution is 2.49. The fraction of sp³-hybridized carbons (Fsp3) is 0.133. The lowest BCUT2D eigenvalue weighted by atomic mass is 10.1. The summed E-state index contributed by atoms with van der Waals surface area (Å²) < 4.78 is 39.0. The van der Waals surface area contributed by atoms with Crippen LogP contribution in [0.15, 0.2) is 52.3 Å². The number of hydrogen-bond acceptors (Lipinski definition) is 5. The van der Waals surface area contributed by atoms with E-state index in [4.69, 9.17) is 0 Å². The largest absolute Gasteiger partial charge is 0.416 e. The van der Waals surface area contributed by atoms with Gasteiger partial charge in [0.15, 0.2) is 6.61 Å². The monoisotopic (exact) mass is 370 g/mol. The Bertz CT molecular complexity index is 857. The number of carbonyl (C=O) groups is 1. The quantitative estimate of drug-likeness (QED) is 0.602. The van der Waals surface area contributed by atoms with E-state index in [0.717, 1.165) is 17.0 Å². The van der Waals surface area contributed by atoms with Gasteiger partial charge in [-0.05, 0) is 30.3 Å². The molecule has 0 bridgehead atoms. The van der Waals surface area contributed by atoms with E-state index >= 15 is 0 Å². The molecule has 1 heterocycles. The number of benzene rings is 2. The van der Waals surface area contributed by atoms with Gasteiger partial charge in [0, 0.05) is 9.79 Å². The molecule has 0 saturated carbocycles. The van der Waals surface area contributed by atoms with Gasteiger partial charge < -0.3 is 4.84 Å². The van der Waals surface area contributed by atoms with Crippen LogP contribution in [0, 0.1) is 10.1 Å². The second-order valence-electron chi connectivity index (χ2n) is 4.98. The highest BCUT2D eigenvalue weighted by molar-refractivity contribution is 7.99. The third kappa shape index (κ3) is 3.38. The van der Waals surface area contributed by atoms with Crippen molar-refractivity contribution in [2.75, 3.05) is 11.5 Å². The Labute approximate surface area is 143 Å². The van der Waals surface area contributed by atoms with Gasteiger partial charge in [0.1, 0.15) is 0 Å². The molecule has 2 aromatic carbocycles. The number of alkyl halides is 3. The summed E-state index contributed by atoms with van der Waals surface area (Å²) in [5, 5.41) is 9.19. The second-order valence-corrected chi connectivity index (χ2v) is 6.06. The van der Waals surface area contributed by atoms with Crippen molar-refractivity contribution < 1.29 is 27.9 Å². The van der Waals surface area contributed by atoms with Crippen LogP contribution in [-0.2, 0) is 15.8 Å². The first-order valence-electron chi connectivity index (χ1n) is 6.86. The molecule has 10 heteroatoms. The molecule has 1 aliphatic heterocycles. The molecular formula is C15H9F3N2O4S. The van der Waals surface area contributed by atoms with E-state index < -0.39 is 29.3 Å².